The maximum absolute atomic E-state index is 12.3. The van der Waals surface area contributed by atoms with Crippen molar-refractivity contribution in [3.63, 3.8) is 0 Å². The highest BCUT2D eigenvalue weighted by molar-refractivity contribution is 7.80. The second-order valence-corrected chi connectivity index (χ2v) is 8.64. The topological polar surface area (TPSA) is 80.7 Å². The van der Waals surface area contributed by atoms with Gasteiger partial charge < -0.3 is 0 Å². The van der Waals surface area contributed by atoms with E-state index in [0.717, 1.165) is 31.2 Å². The predicted octanol–water partition coefficient (Wildman–Crippen LogP) is 2.76. The molecule has 1 aromatic rings. The summed E-state index contributed by atoms with van der Waals surface area (Å²) in [6, 6.07) is 4.19. The highest BCUT2D eigenvalue weighted by Crippen LogP contribution is 2.54. The van der Waals surface area contributed by atoms with Crippen LogP contribution in [0.25, 0.3) is 0 Å². The molecule has 24 heavy (non-hydrogen) atoms. The minimum absolute atomic E-state index is 0.202. The molecule has 0 spiro atoms. The molecule has 1 unspecified atom stereocenters. The van der Waals surface area contributed by atoms with Crippen LogP contribution in [0.5, 0.6) is 0 Å². The molecule has 130 valence electrons. The molecule has 6 heteroatoms. The zero-order chi connectivity index (χ0) is 17.1. The lowest BCUT2D eigenvalue weighted by molar-refractivity contribution is -0.126. The fraction of sp³-hybridized carbons (Fsp3) is 0.611. The van der Waals surface area contributed by atoms with Crippen LogP contribution in [0.2, 0.25) is 0 Å². The van der Waals surface area contributed by atoms with Gasteiger partial charge in [0.05, 0.1) is 6.10 Å². The van der Waals surface area contributed by atoms with Gasteiger partial charge in [0.15, 0.2) is 0 Å². The summed E-state index contributed by atoms with van der Waals surface area (Å²) in [4.78, 5) is 12.3. The van der Waals surface area contributed by atoms with Gasteiger partial charge in [-0.1, -0.05) is 19.1 Å². The van der Waals surface area contributed by atoms with Crippen LogP contribution in [-0.4, -0.2) is 24.9 Å². The number of carbonyl (C=O) groups excluding carboxylic acids is 1. The van der Waals surface area contributed by atoms with E-state index in [-0.39, 0.29) is 5.41 Å². The van der Waals surface area contributed by atoms with Gasteiger partial charge in [-0.3, -0.25) is 9.35 Å². The first-order chi connectivity index (χ1) is 11.3. The van der Waals surface area contributed by atoms with Crippen molar-refractivity contribution in [1.82, 2.24) is 0 Å². The molecule has 1 fully saturated rings. The van der Waals surface area contributed by atoms with Crippen LogP contribution in [0.4, 0.5) is 0 Å². The monoisotopic (exact) mass is 350 g/mol. The molecule has 4 rings (SSSR count). The Morgan fingerprint density at radius 1 is 1.17 bits per heavy atom. The lowest BCUT2D eigenvalue weighted by Crippen LogP contribution is -2.34. The molecule has 3 aliphatic rings. The van der Waals surface area contributed by atoms with E-state index in [1.807, 2.05) is 0 Å². The highest BCUT2D eigenvalue weighted by atomic mass is 32.3. The Balaban J connectivity index is 1.67. The molecule has 0 amide bonds. The standard InChI is InChI=1S/C18H22O5S/c1-18-9-8-14-13-5-3-12(23-24(20,21)22)10-11(13)2-4-15(14)16(18)6-7-17(18)19/h2,4,12,16H,3,5-10H2,1H3,(H,20,21,22)/t12-,16?,18-/m0/s1. The van der Waals surface area contributed by atoms with Gasteiger partial charge in [0.2, 0.25) is 0 Å². The van der Waals surface area contributed by atoms with Crippen LogP contribution in [0, 0.1) is 5.41 Å². The number of carbonyl (C=O) groups is 1. The minimum atomic E-state index is -4.41. The Labute approximate surface area is 142 Å². The van der Waals surface area contributed by atoms with Crippen molar-refractivity contribution >= 4 is 16.2 Å². The van der Waals surface area contributed by atoms with Gasteiger partial charge in [-0.25, -0.2) is 4.18 Å². The third-order valence-electron chi connectivity index (χ3n) is 6.32. The lowest BCUT2D eigenvalue weighted by atomic mass is 9.65. The molecule has 0 bridgehead atoms. The molecule has 0 heterocycles. The van der Waals surface area contributed by atoms with Crippen LogP contribution in [-0.2, 0) is 38.6 Å². The van der Waals surface area contributed by atoms with Gasteiger partial charge in [-0.2, -0.15) is 8.42 Å². The summed E-state index contributed by atoms with van der Waals surface area (Å²) in [5.74, 6) is 0.725. The number of rotatable bonds is 2. The van der Waals surface area contributed by atoms with Crippen molar-refractivity contribution in [2.45, 2.75) is 63.9 Å². The van der Waals surface area contributed by atoms with Gasteiger partial charge in [-0.05, 0) is 60.3 Å². The molecule has 0 radical (unpaired) electrons. The first-order valence-electron chi connectivity index (χ1n) is 8.60. The Morgan fingerprint density at radius 2 is 1.96 bits per heavy atom. The molecule has 5 nitrogen and oxygen atoms in total. The Bertz CT molecular complexity index is 813. The number of hydrogen-bond donors (Lipinski definition) is 1. The van der Waals surface area contributed by atoms with Crippen molar-refractivity contribution in [3.8, 4) is 0 Å². The summed E-state index contributed by atoms with van der Waals surface area (Å²) >= 11 is 0. The fourth-order valence-electron chi connectivity index (χ4n) is 5.06. The van der Waals surface area contributed by atoms with Gasteiger partial charge in [-0.15, -0.1) is 0 Å². The number of fused-ring (bicyclic) bond motifs is 5. The summed E-state index contributed by atoms with van der Waals surface area (Å²) < 4.78 is 35.5. The largest absolute Gasteiger partial charge is 0.397 e. The second-order valence-electron chi connectivity index (χ2n) is 7.59. The maximum Gasteiger partial charge on any atom is 0.397 e. The zero-order valence-corrected chi connectivity index (χ0v) is 14.6. The van der Waals surface area contributed by atoms with Crippen molar-refractivity contribution in [2.24, 2.45) is 5.41 Å². The molecular formula is C18H22O5S. The lowest BCUT2D eigenvalue weighted by Gasteiger charge is -2.39. The average molecular weight is 350 g/mol. The first-order valence-corrected chi connectivity index (χ1v) is 9.97. The van der Waals surface area contributed by atoms with E-state index in [1.54, 1.807) is 0 Å². The van der Waals surface area contributed by atoms with Gasteiger partial charge in [0.1, 0.15) is 5.78 Å². The number of hydrogen-bond acceptors (Lipinski definition) is 4. The van der Waals surface area contributed by atoms with E-state index in [4.69, 9.17) is 8.74 Å². The normalized spacial score (nSPS) is 32.2. The first kappa shape index (κ1) is 16.2. The number of Topliss-reactive ketones (excluding diaryl/α,β-unsaturated/α-hetero) is 1. The van der Waals surface area contributed by atoms with Crippen LogP contribution in [0.1, 0.15) is 60.8 Å². The SMILES string of the molecule is C[C@]12CCc3c(ccc4c3CC[C@H](OS(=O)(=O)O)C4)C1CCC2=O. The summed E-state index contributed by atoms with van der Waals surface area (Å²) in [5, 5.41) is 0. The fourth-order valence-corrected chi connectivity index (χ4v) is 5.57. The van der Waals surface area contributed by atoms with Crippen LogP contribution >= 0.6 is 0 Å². The van der Waals surface area contributed by atoms with Gasteiger partial charge in [0, 0.05) is 18.3 Å². The molecule has 0 saturated heterocycles. The molecule has 3 aliphatic carbocycles. The molecule has 0 aromatic heterocycles. The van der Waals surface area contributed by atoms with Crippen LogP contribution in [0.3, 0.4) is 0 Å². The van der Waals surface area contributed by atoms with Crippen molar-refractivity contribution in [1.29, 1.82) is 0 Å². The third kappa shape index (κ3) is 2.52. The Hall–Kier alpha value is -1.24. The van der Waals surface area contributed by atoms with Crippen LogP contribution in [0.15, 0.2) is 12.1 Å². The summed E-state index contributed by atoms with van der Waals surface area (Å²) in [6.45, 7) is 2.12. The molecule has 3 atom stereocenters. The molecule has 0 aliphatic heterocycles. The molecule has 1 aromatic carbocycles. The van der Waals surface area contributed by atoms with E-state index in [0.29, 0.717) is 31.0 Å². The quantitative estimate of drug-likeness (QED) is 0.830. The maximum atomic E-state index is 12.3. The predicted molar refractivity (Wildman–Crippen MR) is 88.3 cm³/mol. The van der Waals surface area contributed by atoms with E-state index in [2.05, 4.69) is 19.1 Å². The zero-order valence-electron chi connectivity index (χ0n) is 13.7. The molecular weight excluding hydrogens is 328 g/mol. The summed E-state index contributed by atoms with van der Waals surface area (Å²) in [5.41, 5.74) is 4.91. The van der Waals surface area contributed by atoms with Crippen molar-refractivity contribution in [2.75, 3.05) is 0 Å². The molecule has 1 saturated carbocycles. The van der Waals surface area contributed by atoms with Crippen molar-refractivity contribution in [3.05, 3.63) is 34.4 Å². The number of ketones is 1. The number of benzene rings is 1. The van der Waals surface area contributed by atoms with Crippen molar-refractivity contribution < 1.29 is 21.9 Å². The highest BCUT2D eigenvalue weighted by Gasteiger charge is 2.49. The summed E-state index contributed by atoms with van der Waals surface area (Å²) in [6.07, 6.45) is 4.81. The smallest absolute Gasteiger partial charge is 0.299 e. The third-order valence-corrected chi connectivity index (χ3v) is 6.84. The molecule has 1 N–H and O–H groups in total. The Kier molecular flexibility index (Phi) is 3.64. The van der Waals surface area contributed by atoms with E-state index in [1.165, 1.54) is 16.7 Å². The Morgan fingerprint density at radius 3 is 2.71 bits per heavy atom. The van der Waals surface area contributed by atoms with Crippen LogP contribution < -0.4 is 0 Å². The van der Waals surface area contributed by atoms with E-state index >= 15 is 0 Å². The van der Waals surface area contributed by atoms with E-state index in [9.17, 15) is 13.2 Å². The minimum Gasteiger partial charge on any atom is -0.299 e. The van der Waals surface area contributed by atoms with E-state index < -0.39 is 16.5 Å². The second kappa shape index (κ2) is 5.38. The summed E-state index contributed by atoms with van der Waals surface area (Å²) in [7, 11) is -4.41. The average Bonchev–Trinajstić information content (AvgIpc) is 2.81. The van der Waals surface area contributed by atoms with Gasteiger partial charge in [0.25, 0.3) is 0 Å². The van der Waals surface area contributed by atoms with Gasteiger partial charge >= 0.3 is 10.4 Å².